The third-order valence-electron chi connectivity index (χ3n) is 3.29. The summed E-state index contributed by atoms with van der Waals surface area (Å²) >= 11 is 5.48. The van der Waals surface area contributed by atoms with Crippen LogP contribution >= 0.6 is 27.3 Å². The first-order chi connectivity index (χ1) is 9.74. The zero-order valence-electron chi connectivity index (χ0n) is 11.9. The molecule has 0 bridgehead atoms. The first-order valence-electron chi connectivity index (χ1n) is 6.83. The van der Waals surface area contributed by atoms with Gasteiger partial charge in [0.05, 0.1) is 7.11 Å². The Labute approximate surface area is 133 Å². The molecule has 1 aromatic carbocycles. The van der Waals surface area contributed by atoms with E-state index >= 15 is 0 Å². The van der Waals surface area contributed by atoms with Crippen molar-refractivity contribution in [3.63, 3.8) is 0 Å². The molecule has 0 saturated heterocycles. The second-order valence-electron chi connectivity index (χ2n) is 4.62. The predicted molar refractivity (Wildman–Crippen MR) is 89.8 cm³/mol. The number of halogens is 1. The summed E-state index contributed by atoms with van der Waals surface area (Å²) < 4.78 is 6.48. The largest absolute Gasteiger partial charge is 0.497 e. The van der Waals surface area contributed by atoms with Gasteiger partial charge in [0.2, 0.25) is 0 Å². The lowest BCUT2D eigenvalue weighted by molar-refractivity contribution is 0.412. The zero-order valence-corrected chi connectivity index (χ0v) is 14.3. The maximum atomic E-state index is 5.34. The van der Waals surface area contributed by atoms with E-state index < -0.39 is 0 Å². The maximum absolute atomic E-state index is 5.34. The number of nitrogens with one attached hydrogen (secondary N) is 1. The van der Waals surface area contributed by atoms with E-state index in [1.165, 1.54) is 10.4 Å². The fourth-order valence-corrected chi connectivity index (χ4v) is 3.52. The van der Waals surface area contributed by atoms with Gasteiger partial charge in [-0.05, 0) is 54.6 Å². The molecule has 0 saturated carbocycles. The number of thiophene rings is 1. The van der Waals surface area contributed by atoms with E-state index in [0.29, 0.717) is 6.04 Å². The highest BCUT2D eigenvalue weighted by Crippen LogP contribution is 2.30. The van der Waals surface area contributed by atoms with Gasteiger partial charge in [-0.25, -0.2) is 0 Å². The molecule has 0 aliphatic carbocycles. The Kier molecular flexibility index (Phi) is 6.07. The summed E-state index contributed by atoms with van der Waals surface area (Å²) in [7, 11) is 1.71. The Morgan fingerprint density at radius 3 is 2.85 bits per heavy atom. The van der Waals surface area contributed by atoms with Crippen LogP contribution in [0.2, 0.25) is 0 Å². The Morgan fingerprint density at radius 1 is 1.35 bits per heavy atom. The number of rotatable bonds is 7. The van der Waals surface area contributed by atoms with Crippen LogP contribution in [0.3, 0.4) is 0 Å². The van der Waals surface area contributed by atoms with Gasteiger partial charge in [-0.15, -0.1) is 11.3 Å². The van der Waals surface area contributed by atoms with E-state index in [0.717, 1.165) is 29.6 Å². The molecule has 4 heteroatoms. The highest BCUT2D eigenvalue weighted by Gasteiger charge is 2.15. The number of hydrogen-bond acceptors (Lipinski definition) is 3. The average Bonchev–Trinajstić information content (AvgIpc) is 2.97. The lowest BCUT2D eigenvalue weighted by Crippen LogP contribution is -2.21. The number of aryl methyl sites for hydroxylation is 1. The summed E-state index contributed by atoms with van der Waals surface area (Å²) in [4.78, 5) is 1.44. The van der Waals surface area contributed by atoms with Gasteiger partial charge < -0.3 is 10.1 Å². The Hall–Kier alpha value is -0.840. The molecule has 20 heavy (non-hydrogen) atoms. The van der Waals surface area contributed by atoms with Crippen molar-refractivity contribution in [3.05, 3.63) is 50.6 Å². The smallest absolute Gasteiger partial charge is 0.119 e. The molecule has 1 N–H and O–H groups in total. The molecule has 108 valence electrons. The molecular formula is C16H20BrNOS. The third kappa shape index (κ3) is 4.08. The highest BCUT2D eigenvalue weighted by molar-refractivity contribution is 9.10. The fraction of sp³-hybridized carbons (Fsp3) is 0.375. The average molecular weight is 354 g/mol. The van der Waals surface area contributed by atoms with E-state index in [1.807, 2.05) is 17.4 Å². The van der Waals surface area contributed by atoms with Crippen molar-refractivity contribution in [2.75, 3.05) is 13.7 Å². The number of hydrogen-bond donors (Lipinski definition) is 1. The van der Waals surface area contributed by atoms with Crippen LogP contribution in [0.1, 0.15) is 29.8 Å². The van der Waals surface area contributed by atoms with E-state index in [-0.39, 0.29) is 0 Å². The van der Waals surface area contributed by atoms with Gasteiger partial charge in [0.15, 0.2) is 0 Å². The SMILES string of the molecule is CCNC(CCc1cccs1)c1cc(OC)ccc1Br. The van der Waals surface area contributed by atoms with E-state index in [9.17, 15) is 0 Å². The molecule has 1 unspecified atom stereocenters. The molecule has 0 amide bonds. The van der Waals surface area contributed by atoms with Crippen LogP contribution in [0.25, 0.3) is 0 Å². The normalized spacial score (nSPS) is 12.3. The molecule has 2 nitrogen and oxygen atoms in total. The predicted octanol–water partition coefficient (Wildman–Crippen LogP) is 4.80. The first kappa shape index (κ1) is 15.5. The van der Waals surface area contributed by atoms with E-state index in [2.05, 4.69) is 57.8 Å². The van der Waals surface area contributed by atoms with Crippen molar-refractivity contribution in [2.45, 2.75) is 25.8 Å². The molecule has 2 aromatic rings. The molecule has 0 spiro atoms. The molecular weight excluding hydrogens is 334 g/mol. The quantitative estimate of drug-likeness (QED) is 0.771. The van der Waals surface area contributed by atoms with Gasteiger partial charge in [0.25, 0.3) is 0 Å². The standard InChI is InChI=1S/C16H20BrNOS/c1-3-18-16(9-7-13-5-4-10-20-13)14-11-12(19-2)6-8-15(14)17/h4-6,8,10-11,16,18H,3,7,9H2,1-2H3. The molecule has 1 atom stereocenters. The zero-order chi connectivity index (χ0) is 14.4. The second-order valence-corrected chi connectivity index (χ2v) is 6.50. The Morgan fingerprint density at radius 2 is 2.20 bits per heavy atom. The molecule has 2 rings (SSSR count). The molecule has 0 fully saturated rings. The van der Waals surface area contributed by atoms with E-state index in [1.54, 1.807) is 7.11 Å². The Bertz CT molecular complexity index is 527. The summed E-state index contributed by atoms with van der Waals surface area (Å²) in [5.74, 6) is 0.905. The fourth-order valence-electron chi connectivity index (χ4n) is 2.27. The lowest BCUT2D eigenvalue weighted by atomic mass is 10.0. The molecule has 0 radical (unpaired) electrons. The van der Waals surface area contributed by atoms with Crippen molar-refractivity contribution < 1.29 is 4.74 Å². The van der Waals surface area contributed by atoms with Crippen LogP contribution in [0.4, 0.5) is 0 Å². The van der Waals surface area contributed by atoms with Crippen LogP contribution in [0.15, 0.2) is 40.2 Å². The van der Waals surface area contributed by atoms with Crippen molar-refractivity contribution in [1.29, 1.82) is 0 Å². The summed E-state index contributed by atoms with van der Waals surface area (Å²) in [5.41, 5.74) is 1.27. The van der Waals surface area contributed by atoms with Gasteiger partial charge in [-0.1, -0.05) is 28.9 Å². The van der Waals surface area contributed by atoms with Crippen LogP contribution in [0.5, 0.6) is 5.75 Å². The lowest BCUT2D eigenvalue weighted by Gasteiger charge is -2.20. The van der Waals surface area contributed by atoms with Crippen LogP contribution in [-0.4, -0.2) is 13.7 Å². The van der Waals surface area contributed by atoms with Crippen LogP contribution in [-0.2, 0) is 6.42 Å². The monoisotopic (exact) mass is 353 g/mol. The summed E-state index contributed by atoms with van der Waals surface area (Å²) in [6.45, 7) is 3.10. The van der Waals surface area contributed by atoms with Gasteiger partial charge >= 0.3 is 0 Å². The molecule has 1 aromatic heterocycles. The Balaban J connectivity index is 2.14. The summed E-state index contributed by atoms with van der Waals surface area (Å²) in [6, 6.07) is 10.8. The minimum absolute atomic E-state index is 0.339. The van der Waals surface area contributed by atoms with Crippen molar-refractivity contribution in [3.8, 4) is 5.75 Å². The minimum Gasteiger partial charge on any atom is -0.497 e. The van der Waals surface area contributed by atoms with Gasteiger partial charge in [0, 0.05) is 15.4 Å². The van der Waals surface area contributed by atoms with Crippen LogP contribution in [0, 0.1) is 0 Å². The van der Waals surface area contributed by atoms with Crippen molar-refractivity contribution in [2.24, 2.45) is 0 Å². The van der Waals surface area contributed by atoms with E-state index in [4.69, 9.17) is 4.74 Å². The number of benzene rings is 1. The third-order valence-corrected chi connectivity index (χ3v) is 4.95. The van der Waals surface area contributed by atoms with Crippen LogP contribution < -0.4 is 10.1 Å². The minimum atomic E-state index is 0.339. The number of methoxy groups -OCH3 is 1. The van der Waals surface area contributed by atoms with Gasteiger partial charge in [0.1, 0.15) is 5.75 Å². The number of ether oxygens (including phenoxy) is 1. The topological polar surface area (TPSA) is 21.3 Å². The van der Waals surface area contributed by atoms with Gasteiger partial charge in [-0.2, -0.15) is 0 Å². The molecule has 1 heterocycles. The highest BCUT2D eigenvalue weighted by atomic mass is 79.9. The summed E-state index contributed by atoms with van der Waals surface area (Å²) in [6.07, 6.45) is 2.18. The first-order valence-corrected chi connectivity index (χ1v) is 8.51. The van der Waals surface area contributed by atoms with Crippen molar-refractivity contribution >= 4 is 27.3 Å². The molecule has 0 aliphatic rings. The second kappa shape index (κ2) is 7.81. The van der Waals surface area contributed by atoms with Gasteiger partial charge in [-0.3, -0.25) is 0 Å². The summed E-state index contributed by atoms with van der Waals surface area (Å²) in [5, 5.41) is 5.71. The molecule has 0 aliphatic heterocycles. The maximum Gasteiger partial charge on any atom is 0.119 e. The van der Waals surface area contributed by atoms with Crippen molar-refractivity contribution in [1.82, 2.24) is 5.32 Å².